The average molecular weight is 251 g/mol. The highest BCUT2D eigenvalue weighted by Gasteiger charge is 2.06. The van der Waals surface area contributed by atoms with Crippen LogP contribution < -0.4 is 5.73 Å². The molecule has 1 heterocycles. The van der Waals surface area contributed by atoms with Gasteiger partial charge in [-0.3, -0.25) is 4.98 Å². The molecule has 1 unspecified atom stereocenters. The quantitative estimate of drug-likeness (QED) is 0.672. The van der Waals surface area contributed by atoms with E-state index in [9.17, 15) is 0 Å². The van der Waals surface area contributed by atoms with Crippen LogP contribution in [0.5, 0.6) is 0 Å². The van der Waals surface area contributed by atoms with Crippen LogP contribution in [-0.2, 0) is 11.2 Å². The molecule has 2 N–H and O–H groups in total. The van der Waals surface area contributed by atoms with E-state index >= 15 is 0 Å². The van der Waals surface area contributed by atoms with Crippen molar-refractivity contribution in [1.82, 2.24) is 9.88 Å². The van der Waals surface area contributed by atoms with Crippen molar-refractivity contribution in [2.45, 2.75) is 25.3 Å². The molecule has 0 fully saturated rings. The lowest BCUT2D eigenvalue weighted by Gasteiger charge is -2.21. The van der Waals surface area contributed by atoms with Crippen molar-refractivity contribution in [3.63, 3.8) is 0 Å². The van der Waals surface area contributed by atoms with Gasteiger partial charge in [0.1, 0.15) is 0 Å². The fourth-order valence-corrected chi connectivity index (χ4v) is 1.94. The molecule has 0 bridgehead atoms. The normalized spacial score (nSPS) is 12.9. The van der Waals surface area contributed by atoms with Crippen molar-refractivity contribution in [2.75, 3.05) is 33.9 Å². The predicted molar refractivity (Wildman–Crippen MR) is 74.5 cm³/mol. The van der Waals surface area contributed by atoms with Crippen LogP contribution in [0.15, 0.2) is 24.5 Å². The minimum absolute atomic E-state index is 0.239. The van der Waals surface area contributed by atoms with Crippen LogP contribution in [0.2, 0.25) is 0 Å². The average Bonchev–Trinajstić information content (AvgIpc) is 2.38. The molecule has 0 aromatic carbocycles. The molecule has 1 aromatic heterocycles. The van der Waals surface area contributed by atoms with E-state index in [0.717, 1.165) is 39.0 Å². The number of rotatable bonds is 9. The van der Waals surface area contributed by atoms with Crippen LogP contribution in [0.3, 0.4) is 0 Å². The van der Waals surface area contributed by atoms with E-state index in [1.54, 1.807) is 7.11 Å². The van der Waals surface area contributed by atoms with Crippen LogP contribution in [0, 0.1) is 0 Å². The molecule has 0 saturated heterocycles. The molecule has 18 heavy (non-hydrogen) atoms. The predicted octanol–water partition coefficient (Wildman–Crippen LogP) is 1.31. The summed E-state index contributed by atoms with van der Waals surface area (Å²) in [6.07, 6.45) is 6.78. The van der Waals surface area contributed by atoms with Gasteiger partial charge < -0.3 is 15.4 Å². The number of nitrogens with two attached hydrogens (primary N) is 1. The van der Waals surface area contributed by atoms with Crippen molar-refractivity contribution < 1.29 is 4.74 Å². The highest BCUT2D eigenvalue weighted by atomic mass is 16.5. The highest BCUT2D eigenvalue weighted by molar-refractivity contribution is 5.09. The van der Waals surface area contributed by atoms with E-state index in [2.05, 4.69) is 29.1 Å². The number of pyridine rings is 1. The molecule has 0 aliphatic heterocycles. The Bertz CT molecular complexity index is 305. The molecule has 0 radical (unpaired) electrons. The van der Waals surface area contributed by atoms with Crippen LogP contribution in [0.4, 0.5) is 0 Å². The van der Waals surface area contributed by atoms with Crippen molar-refractivity contribution >= 4 is 0 Å². The summed E-state index contributed by atoms with van der Waals surface area (Å²) in [5.41, 5.74) is 7.40. The molecule has 4 heteroatoms. The number of aromatic nitrogens is 1. The topological polar surface area (TPSA) is 51.4 Å². The summed E-state index contributed by atoms with van der Waals surface area (Å²) in [5.74, 6) is 0. The standard InChI is InChI=1S/C14H25N3O/c1-17(12-14(15)4-3-11-18-2)10-7-13-5-8-16-9-6-13/h5-6,8-9,14H,3-4,7,10-12,15H2,1-2H3. The Morgan fingerprint density at radius 2 is 2.11 bits per heavy atom. The lowest BCUT2D eigenvalue weighted by atomic mass is 10.1. The number of ether oxygens (including phenoxy) is 1. The molecule has 0 spiro atoms. The van der Waals surface area contributed by atoms with Gasteiger partial charge in [-0.25, -0.2) is 0 Å². The highest BCUT2D eigenvalue weighted by Crippen LogP contribution is 2.01. The second kappa shape index (κ2) is 9.03. The molecule has 0 amide bonds. The molecule has 1 atom stereocenters. The van der Waals surface area contributed by atoms with Crippen LogP contribution in [-0.4, -0.2) is 49.8 Å². The molecular formula is C14H25N3O. The van der Waals surface area contributed by atoms with Gasteiger partial charge in [0.2, 0.25) is 0 Å². The van der Waals surface area contributed by atoms with Crippen molar-refractivity contribution in [1.29, 1.82) is 0 Å². The maximum atomic E-state index is 6.08. The molecule has 0 aliphatic carbocycles. The Morgan fingerprint density at radius 1 is 1.39 bits per heavy atom. The number of nitrogens with zero attached hydrogens (tertiary/aromatic N) is 2. The second-order valence-electron chi connectivity index (χ2n) is 4.76. The first kappa shape index (κ1) is 15.1. The molecule has 1 rings (SSSR count). The van der Waals surface area contributed by atoms with Gasteiger partial charge in [-0.05, 0) is 44.0 Å². The number of hydrogen-bond donors (Lipinski definition) is 1. The van der Waals surface area contributed by atoms with E-state index in [-0.39, 0.29) is 6.04 Å². The van der Waals surface area contributed by atoms with E-state index < -0.39 is 0 Å². The summed E-state index contributed by atoms with van der Waals surface area (Å²) < 4.78 is 5.03. The first-order chi connectivity index (χ1) is 8.72. The Kier molecular flexibility index (Phi) is 7.57. The lowest BCUT2D eigenvalue weighted by molar-refractivity contribution is 0.187. The summed E-state index contributed by atoms with van der Waals surface area (Å²) in [7, 11) is 3.85. The summed E-state index contributed by atoms with van der Waals surface area (Å²) >= 11 is 0. The first-order valence-corrected chi connectivity index (χ1v) is 6.54. The van der Waals surface area contributed by atoms with Gasteiger partial charge >= 0.3 is 0 Å². The van der Waals surface area contributed by atoms with Crippen LogP contribution in [0.1, 0.15) is 18.4 Å². The van der Waals surface area contributed by atoms with E-state index in [1.165, 1.54) is 5.56 Å². The summed E-state index contributed by atoms with van der Waals surface area (Å²) in [4.78, 5) is 6.31. The number of hydrogen-bond acceptors (Lipinski definition) is 4. The lowest BCUT2D eigenvalue weighted by Crippen LogP contribution is -2.36. The Morgan fingerprint density at radius 3 is 2.78 bits per heavy atom. The zero-order chi connectivity index (χ0) is 13.2. The monoisotopic (exact) mass is 251 g/mol. The van der Waals surface area contributed by atoms with Gasteiger partial charge in [0.25, 0.3) is 0 Å². The van der Waals surface area contributed by atoms with Crippen LogP contribution >= 0.6 is 0 Å². The maximum absolute atomic E-state index is 6.08. The summed E-state index contributed by atoms with van der Waals surface area (Å²) in [5, 5.41) is 0. The number of methoxy groups -OCH3 is 1. The fraction of sp³-hybridized carbons (Fsp3) is 0.643. The van der Waals surface area contributed by atoms with Gasteiger partial charge in [-0.1, -0.05) is 0 Å². The summed E-state index contributed by atoms with van der Waals surface area (Å²) in [6, 6.07) is 4.36. The third-order valence-electron chi connectivity index (χ3n) is 3.00. The minimum Gasteiger partial charge on any atom is -0.385 e. The zero-order valence-electron chi connectivity index (χ0n) is 11.5. The fourth-order valence-electron chi connectivity index (χ4n) is 1.94. The Balaban J connectivity index is 2.15. The van der Waals surface area contributed by atoms with Gasteiger partial charge in [0.05, 0.1) is 0 Å². The second-order valence-corrected chi connectivity index (χ2v) is 4.76. The largest absolute Gasteiger partial charge is 0.385 e. The Labute approximate surface area is 110 Å². The van der Waals surface area contributed by atoms with E-state index in [4.69, 9.17) is 10.5 Å². The molecule has 4 nitrogen and oxygen atoms in total. The van der Waals surface area contributed by atoms with Gasteiger partial charge in [-0.15, -0.1) is 0 Å². The van der Waals surface area contributed by atoms with Gasteiger partial charge in [0.15, 0.2) is 0 Å². The Hall–Kier alpha value is -0.970. The SMILES string of the molecule is COCCCC(N)CN(C)CCc1ccncc1. The van der Waals surface area contributed by atoms with Gasteiger partial charge in [0, 0.05) is 45.2 Å². The smallest absolute Gasteiger partial charge is 0.0462 e. The third-order valence-corrected chi connectivity index (χ3v) is 3.00. The van der Waals surface area contributed by atoms with Crippen molar-refractivity contribution in [3.8, 4) is 0 Å². The van der Waals surface area contributed by atoms with Crippen molar-refractivity contribution in [3.05, 3.63) is 30.1 Å². The van der Waals surface area contributed by atoms with E-state index in [1.807, 2.05) is 12.4 Å². The van der Waals surface area contributed by atoms with E-state index in [0.29, 0.717) is 0 Å². The molecule has 0 saturated carbocycles. The van der Waals surface area contributed by atoms with Crippen LogP contribution in [0.25, 0.3) is 0 Å². The molecule has 1 aromatic rings. The molecule has 0 aliphatic rings. The molecular weight excluding hydrogens is 226 g/mol. The van der Waals surface area contributed by atoms with Crippen molar-refractivity contribution in [2.24, 2.45) is 5.73 Å². The number of likely N-dealkylation sites (N-methyl/N-ethyl adjacent to an activating group) is 1. The zero-order valence-corrected chi connectivity index (χ0v) is 11.5. The first-order valence-electron chi connectivity index (χ1n) is 6.54. The third kappa shape index (κ3) is 6.69. The van der Waals surface area contributed by atoms with Gasteiger partial charge in [-0.2, -0.15) is 0 Å². The maximum Gasteiger partial charge on any atom is 0.0462 e. The molecule has 102 valence electrons. The summed E-state index contributed by atoms with van der Waals surface area (Å²) in [6.45, 7) is 2.77. The minimum atomic E-state index is 0.239.